The van der Waals surface area contributed by atoms with Gasteiger partial charge in [0.05, 0.1) is 12.1 Å². The number of ketones is 1. The van der Waals surface area contributed by atoms with Crippen LogP contribution in [0.4, 0.5) is 4.79 Å². The van der Waals surface area contributed by atoms with Crippen LogP contribution in [0.25, 0.3) is 0 Å². The van der Waals surface area contributed by atoms with Crippen molar-refractivity contribution in [3.05, 3.63) is 0 Å². The molecule has 0 aliphatic carbocycles. The molecule has 0 bridgehead atoms. The summed E-state index contributed by atoms with van der Waals surface area (Å²) in [6, 6.07) is -2.10. The first-order valence-electron chi connectivity index (χ1n) is 11.6. The minimum Gasteiger partial charge on any atom is -0.444 e. The molecule has 0 aromatic heterocycles. The molecule has 1 unspecified atom stereocenters. The summed E-state index contributed by atoms with van der Waals surface area (Å²) in [5.41, 5.74) is 5.38. The number of unbranched alkanes of at least 4 members (excludes halogenated alkanes) is 8. The number of carbonyl (C=O) groups is 3. The normalized spacial score (nSPS) is 14.5. The Hall–Kier alpha value is -1.63. The van der Waals surface area contributed by atoms with Crippen LogP contribution in [-0.4, -0.2) is 41.5 Å². The van der Waals surface area contributed by atoms with E-state index in [0.717, 1.165) is 12.8 Å². The molecule has 30 heavy (non-hydrogen) atoms. The quantitative estimate of drug-likeness (QED) is 0.339. The van der Waals surface area contributed by atoms with Crippen molar-refractivity contribution in [2.45, 2.75) is 129 Å². The molecule has 0 heterocycles. The van der Waals surface area contributed by atoms with Crippen molar-refractivity contribution >= 4 is 17.8 Å². The second kappa shape index (κ2) is 15.2. The summed E-state index contributed by atoms with van der Waals surface area (Å²) in [5, 5.41) is 5.09. The number of nitrogens with one attached hydrogen (secondary N) is 2. The fraction of sp³-hybridized carbons (Fsp3) is 0.870. The maximum absolute atomic E-state index is 12.4. The summed E-state index contributed by atoms with van der Waals surface area (Å²) in [4.78, 5) is 36.4. The number of hydrogen-bond acceptors (Lipinski definition) is 5. The second-order valence-corrected chi connectivity index (χ2v) is 9.22. The lowest BCUT2D eigenvalue weighted by atomic mass is 9.99. The summed E-state index contributed by atoms with van der Waals surface area (Å²) in [6.07, 6.45) is 10.9. The highest BCUT2D eigenvalue weighted by Gasteiger charge is 2.25. The second-order valence-electron chi connectivity index (χ2n) is 9.22. The number of hydrogen-bond donors (Lipinski definition) is 3. The van der Waals surface area contributed by atoms with E-state index < -0.39 is 35.7 Å². The Kier molecular flexibility index (Phi) is 14.4. The Morgan fingerprint density at radius 3 is 1.83 bits per heavy atom. The third-order valence-electron chi connectivity index (χ3n) is 4.90. The van der Waals surface area contributed by atoms with Crippen LogP contribution >= 0.6 is 0 Å². The largest absolute Gasteiger partial charge is 0.444 e. The number of Topliss-reactive ketones (excluding diaryl/α,β-unsaturated/α-hetero) is 1. The summed E-state index contributed by atoms with van der Waals surface area (Å²) in [5.74, 6) is -0.635. The van der Waals surface area contributed by atoms with E-state index in [9.17, 15) is 14.4 Å². The average Bonchev–Trinajstić information content (AvgIpc) is 2.64. The van der Waals surface area contributed by atoms with Crippen LogP contribution in [0.15, 0.2) is 0 Å². The predicted octanol–water partition coefficient (Wildman–Crippen LogP) is 4.22. The molecule has 0 rings (SSSR count). The number of nitrogens with two attached hydrogens (primary N) is 1. The van der Waals surface area contributed by atoms with Gasteiger partial charge in [0.15, 0.2) is 5.78 Å². The van der Waals surface area contributed by atoms with Crippen LogP contribution < -0.4 is 16.4 Å². The van der Waals surface area contributed by atoms with Crippen molar-refractivity contribution in [2.75, 3.05) is 0 Å². The molecule has 0 spiro atoms. The molecule has 3 atom stereocenters. The molecule has 4 N–H and O–H groups in total. The number of alkyl carbamates (subject to hydrolysis) is 1. The smallest absolute Gasteiger partial charge is 0.408 e. The van der Waals surface area contributed by atoms with Gasteiger partial charge >= 0.3 is 6.09 Å². The summed E-state index contributed by atoms with van der Waals surface area (Å²) < 4.78 is 5.13. The van der Waals surface area contributed by atoms with Crippen LogP contribution in [0, 0.1) is 0 Å². The standard InChI is InChI=1S/C23H45N3O4/c1-7-8-9-10-11-12-13-14-15-16-19(24)20(27)17(2)25-21(28)18(3)26-22(29)30-23(4,5)6/h17-19H,7-16,24H2,1-6H3,(H,25,28)(H,26,29)/t17-,18-,19?/m0/s1. The van der Waals surface area contributed by atoms with Gasteiger partial charge in [0, 0.05) is 0 Å². The first kappa shape index (κ1) is 28.4. The molecule has 0 fully saturated rings. The van der Waals surface area contributed by atoms with Crippen molar-refractivity contribution in [3.8, 4) is 0 Å². The fourth-order valence-corrected chi connectivity index (χ4v) is 3.10. The molecule has 2 amide bonds. The van der Waals surface area contributed by atoms with Gasteiger partial charge in [-0.05, 0) is 41.0 Å². The minimum atomic E-state index is -0.816. The van der Waals surface area contributed by atoms with E-state index in [1.807, 2.05) is 0 Å². The average molecular weight is 428 g/mol. The van der Waals surface area contributed by atoms with Gasteiger partial charge in [-0.25, -0.2) is 4.79 Å². The number of rotatable bonds is 15. The van der Waals surface area contributed by atoms with Gasteiger partial charge in [0.1, 0.15) is 11.6 Å². The molecule has 7 nitrogen and oxygen atoms in total. The monoisotopic (exact) mass is 427 g/mol. The zero-order chi connectivity index (χ0) is 23.2. The Bertz CT molecular complexity index is 517. The third-order valence-corrected chi connectivity index (χ3v) is 4.90. The highest BCUT2D eigenvalue weighted by Crippen LogP contribution is 2.12. The Balaban J connectivity index is 4.09. The molecule has 0 saturated carbocycles. The fourth-order valence-electron chi connectivity index (χ4n) is 3.10. The highest BCUT2D eigenvalue weighted by molar-refractivity contribution is 5.94. The summed E-state index contributed by atoms with van der Waals surface area (Å²) in [6.45, 7) is 10.6. The summed E-state index contributed by atoms with van der Waals surface area (Å²) >= 11 is 0. The lowest BCUT2D eigenvalue weighted by molar-refractivity contribution is -0.129. The molecule has 7 heteroatoms. The van der Waals surface area contributed by atoms with Crippen LogP contribution in [0.2, 0.25) is 0 Å². The van der Waals surface area contributed by atoms with Gasteiger partial charge < -0.3 is 21.1 Å². The van der Waals surface area contributed by atoms with Crippen molar-refractivity contribution in [3.63, 3.8) is 0 Å². The molecule has 0 aliphatic heterocycles. The highest BCUT2D eigenvalue weighted by atomic mass is 16.6. The number of amides is 2. The molecular weight excluding hydrogens is 382 g/mol. The lowest BCUT2D eigenvalue weighted by Gasteiger charge is -2.23. The zero-order valence-corrected chi connectivity index (χ0v) is 20.0. The zero-order valence-electron chi connectivity index (χ0n) is 20.0. The van der Waals surface area contributed by atoms with Crippen molar-refractivity contribution in [1.82, 2.24) is 10.6 Å². The topological polar surface area (TPSA) is 111 Å². The van der Waals surface area contributed by atoms with Crippen molar-refractivity contribution < 1.29 is 19.1 Å². The Morgan fingerprint density at radius 2 is 1.33 bits per heavy atom. The van der Waals surface area contributed by atoms with Crippen LogP contribution in [0.5, 0.6) is 0 Å². The van der Waals surface area contributed by atoms with Gasteiger partial charge in [0.25, 0.3) is 0 Å². The van der Waals surface area contributed by atoms with E-state index in [0.29, 0.717) is 6.42 Å². The van der Waals surface area contributed by atoms with Gasteiger partial charge in [-0.15, -0.1) is 0 Å². The van der Waals surface area contributed by atoms with Gasteiger partial charge in [-0.3, -0.25) is 9.59 Å². The molecule has 0 radical (unpaired) electrons. The van der Waals surface area contributed by atoms with E-state index in [-0.39, 0.29) is 5.78 Å². The Morgan fingerprint density at radius 1 is 0.833 bits per heavy atom. The molecule has 0 aromatic rings. The molecule has 0 aromatic carbocycles. The van der Waals surface area contributed by atoms with E-state index in [2.05, 4.69) is 17.6 Å². The number of ether oxygens (including phenoxy) is 1. The van der Waals surface area contributed by atoms with E-state index in [4.69, 9.17) is 10.5 Å². The first-order chi connectivity index (χ1) is 14.0. The van der Waals surface area contributed by atoms with Crippen LogP contribution in [-0.2, 0) is 14.3 Å². The predicted molar refractivity (Wildman–Crippen MR) is 121 cm³/mol. The molecule has 0 saturated heterocycles. The SMILES string of the molecule is CCCCCCCCCCCC(N)C(=O)[C@H](C)NC(=O)[C@H](C)NC(=O)OC(C)(C)C. The molecule has 0 aliphatic rings. The van der Waals surface area contributed by atoms with Crippen LogP contribution in [0.1, 0.15) is 106 Å². The molecule has 176 valence electrons. The maximum atomic E-state index is 12.4. The summed E-state index contributed by atoms with van der Waals surface area (Å²) in [7, 11) is 0. The van der Waals surface area contributed by atoms with Gasteiger partial charge in [0.2, 0.25) is 5.91 Å². The van der Waals surface area contributed by atoms with Gasteiger partial charge in [-0.1, -0.05) is 64.7 Å². The van der Waals surface area contributed by atoms with E-state index in [1.165, 1.54) is 44.9 Å². The minimum absolute atomic E-state index is 0.188. The lowest BCUT2D eigenvalue weighted by Crippen LogP contribution is -2.52. The van der Waals surface area contributed by atoms with Gasteiger partial charge in [-0.2, -0.15) is 0 Å². The van der Waals surface area contributed by atoms with E-state index in [1.54, 1.807) is 34.6 Å². The number of carbonyl (C=O) groups excluding carboxylic acids is 3. The molecular formula is C23H45N3O4. The van der Waals surface area contributed by atoms with Crippen LogP contribution in [0.3, 0.4) is 0 Å². The third kappa shape index (κ3) is 14.4. The van der Waals surface area contributed by atoms with Crippen molar-refractivity contribution in [1.29, 1.82) is 0 Å². The van der Waals surface area contributed by atoms with E-state index >= 15 is 0 Å². The maximum Gasteiger partial charge on any atom is 0.408 e. The van der Waals surface area contributed by atoms with Crippen molar-refractivity contribution in [2.24, 2.45) is 5.73 Å². The Labute approximate surface area is 183 Å². The first-order valence-corrected chi connectivity index (χ1v) is 11.6.